The Kier molecular flexibility index (Phi) is 8.66. The molecule has 0 aliphatic heterocycles. The first kappa shape index (κ1) is 20.5. The van der Waals surface area contributed by atoms with Gasteiger partial charge < -0.3 is 10.4 Å². The molecule has 0 radical (unpaired) electrons. The van der Waals surface area contributed by atoms with Crippen molar-refractivity contribution in [2.24, 2.45) is 11.8 Å². The highest BCUT2D eigenvalue weighted by molar-refractivity contribution is 5.81. The van der Waals surface area contributed by atoms with Crippen LogP contribution < -0.4 is 5.32 Å². The minimum absolute atomic E-state index is 0.210. The number of benzene rings is 1. The molecule has 2 rings (SSSR count). The molecule has 0 spiro atoms. The van der Waals surface area contributed by atoms with Crippen LogP contribution in [0, 0.1) is 11.8 Å². The zero-order valence-corrected chi connectivity index (χ0v) is 16.0. The number of nitrogens with one attached hydrogen (secondary N) is 1. The molecule has 144 valence electrons. The van der Waals surface area contributed by atoms with Crippen molar-refractivity contribution in [3.8, 4) is 0 Å². The van der Waals surface area contributed by atoms with Crippen molar-refractivity contribution in [1.29, 1.82) is 0 Å². The molecule has 0 aromatic heterocycles. The van der Waals surface area contributed by atoms with Gasteiger partial charge in [0.2, 0.25) is 0 Å². The third-order valence-electron chi connectivity index (χ3n) is 5.58. The van der Waals surface area contributed by atoms with E-state index in [1.165, 1.54) is 32.1 Å². The number of carbonyl (C=O) groups is 2. The van der Waals surface area contributed by atoms with Gasteiger partial charge in [0.1, 0.15) is 5.78 Å². The van der Waals surface area contributed by atoms with E-state index < -0.39 is 5.97 Å². The highest BCUT2D eigenvalue weighted by Crippen LogP contribution is 2.32. The summed E-state index contributed by atoms with van der Waals surface area (Å²) in [5.74, 6) is 0.517. The summed E-state index contributed by atoms with van der Waals surface area (Å²) in [5.41, 5.74) is 2.17. The second-order valence-corrected chi connectivity index (χ2v) is 7.50. The van der Waals surface area contributed by atoms with Crippen LogP contribution in [0.3, 0.4) is 0 Å². The lowest BCUT2D eigenvalue weighted by Crippen LogP contribution is -2.26. The molecule has 0 amide bonds. The molecule has 4 heteroatoms. The number of carbonyl (C=O) groups excluding carboxylic acids is 1. The van der Waals surface area contributed by atoms with Crippen LogP contribution in [0.25, 0.3) is 0 Å². The summed E-state index contributed by atoms with van der Waals surface area (Å²) < 4.78 is 0. The lowest BCUT2D eigenvalue weighted by Gasteiger charge is -2.28. The van der Waals surface area contributed by atoms with Gasteiger partial charge in [0, 0.05) is 31.0 Å². The van der Waals surface area contributed by atoms with Crippen molar-refractivity contribution in [3.05, 3.63) is 29.8 Å². The summed E-state index contributed by atoms with van der Waals surface area (Å²) in [5, 5.41) is 12.0. The minimum Gasteiger partial charge on any atom is -0.481 e. The summed E-state index contributed by atoms with van der Waals surface area (Å²) >= 11 is 0. The lowest BCUT2D eigenvalue weighted by atomic mass is 9.76. The van der Waals surface area contributed by atoms with E-state index in [2.05, 4.69) is 12.2 Å². The molecule has 1 unspecified atom stereocenters. The van der Waals surface area contributed by atoms with Crippen molar-refractivity contribution in [3.63, 3.8) is 0 Å². The molecule has 0 heterocycles. The van der Waals surface area contributed by atoms with Gasteiger partial charge in [-0.15, -0.1) is 0 Å². The topological polar surface area (TPSA) is 66.4 Å². The van der Waals surface area contributed by atoms with Gasteiger partial charge in [-0.2, -0.15) is 0 Å². The Morgan fingerprint density at radius 2 is 1.81 bits per heavy atom. The number of rotatable bonds is 11. The summed E-state index contributed by atoms with van der Waals surface area (Å²) in [7, 11) is 0. The molecule has 4 nitrogen and oxygen atoms in total. The molecule has 1 aliphatic carbocycles. The van der Waals surface area contributed by atoms with Crippen LogP contribution >= 0.6 is 0 Å². The Morgan fingerprint density at radius 1 is 1.12 bits per heavy atom. The molecule has 1 saturated carbocycles. The normalized spacial score (nSPS) is 16.2. The van der Waals surface area contributed by atoms with Crippen molar-refractivity contribution < 1.29 is 14.7 Å². The van der Waals surface area contributed by atoms with Crippen LogP contribution in [-0.2, 0) is 16.0 Å². The van der Waals surface area contributed by atoms with E-state index in [9.17, 15) is 9.59 Å². The molecule has 0 bridgehead atoms. The minimum atomic E-state index is -0.744. The number of hydrogen-bond acceptors (Lipinski definition) is 3. The Morgan fingerprint density at radius 3 is 2.42 bits per heavy atom. The van der Waals surface area contributed by atoms with E-state index in [4.69, 9.17) is 5.11 Å². The molecule has 26 heavy (non-hydrogen) atoms. The summed E-state index contributed by atoms with van der Waals surface area (Å²) in [6, 6.07) is 8.09. The number of carboxylic acid groups (broad SMARTS) is 1. The molecule has 0 saturated heterocycles. The molecule has 1 aliphatic rings. The molecule has 1 aromatic rings. The predicted molar refractivity (Wildman–Crippen MR) is 105 cm³/mol. The van der Waals surface area contributed by atoms with Gasteiger partial charge in [0.05, 0.1) is 0 Å². The third-order valence-corrected chi connectivity index (χ3v) is 5.58. The first-order chi connectivity index (χ1) is 12.6. The van der Waals surface area contributed by atoms with Crippen LogP contribution in [0.2, 0.25) is 0 Å². The van der Waals surface area contributed by atoms with Crippen molar-refractivity contribution >= 4 is 17.4 Å². The standard InChI is InChI=1S/C22H33NO3/c1-2-20(18-8-4-3-5-9-18)21(24)15-16-23-19-13-11-17(12-14-19)7-6-10-22(25)26/h11-14,18,20,23H,2-10,15-16H2,1H3,(H,25,26). The second-order valence-electron chi connectivity index (χ2n) is 7.50. The number of Topliss-reactive ketones (excluding diaryl/α,β-unsaturated/α-hetero) is 1. The average Bonchev–Trinajstić information content (AvgIpc) is 2.64. The van der Waals surface area contributed by atoms with Crippen molar-refractivity contribution in [1.82, 2.24) is 0 Å². The van der Waals surface area contributed by atoms with Gasteiger partial charge in [0.25, 0.3) is 0 Å². The van der Waals surface area contributed by atoms with Crippen LogP contribution in [0.5, 0.6) is 0 Å². The van der Waals surface area contributed by atoms with Gasteiger partial charge in [-0.25, -0.2) is 0 Å². The van der Waals surface area contributed by atoms with E-state index in [1.54, 1.807) is 0 Å². The summed E-state index contributed by atoms with van der Waals surface area (Å²) in [4.78, 5) is 23.2. The Bertz CT molecular complexity index is 561. The van der Waals surface area contributed by atoms with E-state index in [-0.39, 0.29) is 12.3 Å². The number of carboxylic acids is 1. The quantitative estimate of drug-likeness (QED) is 0.579. The maximum Gasteiger partial charge on any atom is 0.303 e. The fourth-order valence-electron chi connectivity index (χ4n) is 4.11. The van der Waals surface area contributed by atoms with Gasteiger partial charge in [0.15, 0.2) is 0 Å². The molecular formula is C22H33NO3. The molecule has 1 fully saturated rings. The van der Waals surface area contributed by atoms with Gasteiger partial charge in [-0.1, -0.05) is 38.3 Å². The fraction of sp³-hybridized carbons (Fsp3) is 0.636. The summed E-state index contributed by atoms with van der Waals surface area (Å²) in [6.07, 6.45) is 9.56. The van der Waals surface area contributed by atoms with E-state index in [0.717, 1.165) is 24.1 Å². The monoisotopic (exact) mass is 359 g/mol. The zero-order valence-electron chi connectivity index (χ0n) is 16.0. The largest absolute Gasteiger partial charge is 0.481 e. The SMILES string of the molecule is CCC(C(=O)CCNc1ccc(CCCC(=O)O)cc1)C1CCCCC1. The average molecular weight is 360 g/mol. The van der Waals surface area contributed by atoms with Crippen LogP contribution in [0.4, 0.5) is 5.69 Å². The van der Waals surface area contributed by atoms with Crippen LogP contribution in [0.15, 0.2) is 24.3 Å². The van der Waals surface area contributed by atoms with Crippen molar-refractivity contribution in [2.75, 3.05) is 11.9 Å². The predicted octanol–water partition coefficient (Wildman–Crippen LogP) is 5.07. The Hall–Kier alpha value is -1.84. The fourth-order valence-corrected chi connectivity index (χ4v) is 4.11. The maximum atomic E-state index is 12.6. The highest BCUT2D eigenvalue weighted by Gasteiger charge is 2.27. The van der Waals surface area contributed by atoms with Crippen LogP contribution in [0.1, 0.15) is 70.3 Å². The first-order valence-electron chi connectivity index (χ1n) is 10.2. The van der Waals surface area contributed by atoms with Gasteiger partial charge in [-0.3, -0.25) is 9.59 Å². The van der Waals surface area contributed by atoms with E-state index in [1.807, 2.05) is 24.3 Å². The van der Waals surface area contributed by atoms with E-state index in [0.29, 0.717) is 31.1 Å². The van der Waals surface area contributed by atoms with E-state index >= 15 is 0 Å². The number of anilines is 1. The Labute approximate surface area is 157 Å². The maximum absolute atomic E-state index is 12.6. The van der Waals surface area contributed by atoms with Crippen LogP contribution in [-0.4, -0.2) is 23.4 Å². The number of aryl methyl sites for hydroxylation is 1. The molecule has 1 aromatic carbocycles. The third kappa shape index (κ3) is 6.81. The first-order valence-corrected chi connectivity index (χ1v) is 10.2. The lowest BCUT2D eigenvalue weighted by molar-refractivity contribution is -0.137. The Balaban J connectivity index is 1.72. The smallest absolute Gasteiger partial charge is 0.303 e. The van der Waals surface area contributed by atoms with Crippen molar-refractivity contribution in [2.45, 2.75) is 71.1 Å². The van der Waals surface area contributed by atoms with Gasteiger partial charge >= 0.3 is 5.97 Å². The second kappa shape index (κ2) is 11.0. The highest BCUT2D eigenvalue weighted by atomic mass is 16.4. The molecule has 2 N–H and O–H groups in total. The number of ketones is 1. The summed E-state index contributed by atoms with van der Waals surface area (Å²) in [6.45, 7) is 2.83. The van der Waals surface area contributed by atoms with Gasteiger partial charge in [-0.05, 0) is 55.7 Å². The number of aliphatic carboxylic acids is 1. The molecular weight excluding hydrogens is 326 g/mol. The number of hydrogen-bond donors (Lipinski definition) is 2. The molecule has 1 atom stereocenters. The zero-order chi connectivity index (χ0) is 18.8.